The smallest absolute Gasteiger partial charge is 0.156 e. The Morgan fingerprint density at radius 1 is 1.00 bits per heavy atom. The Bertz CT molecular complexity index is 139. The topological polar surface area (TPSA) is 147 Å². The van der Waals surface area contributed by atoms with Crippen LogP contribution >= 0.6 is 0 Å². The average molecular weight is 241 g/mol. The second-order valence-corrected chi connectivity index (χ2v) is 3.60. The van der Waals surface area contributed by atoms with E-state index in [2.05, 4.69) is 0 Å². The molecular formula is C9H23NO6. The van der Waals surface area contributed by atoms with Gasteiger partial charge in [-0.05, 0) is 6.42 Å². The molecule has 7 nitrogen and oxygen atoms in total. The Labute approximate surface area is 94.8 Å². The Hall–Kier alpha value is -0.280. The van der Waals surface area contributed by atoms with Gasteiger partial charge in [-0.15, -0.1) is 0 Å². The molecule has 0 aliphatic heterocycles. The van der Waals surface area contributed by atoms with Gasteiger partial charge < -0.3 is 36.4 Å². The number of aliphatic hydroxyl groups is 6. The molecule has 1 unspecified atom stereocenters. The van der Waals surface area contributed by atoms with Crippen molar-refractivity contribution in [2.75, 3.05) is 26.4 Å². The predicted octanol–water partition coefficient (Wildman–Crippen LogP) is -3.02. The lowest BCUT2D eigenvalue weighted by Gasteiger charge is -2.20. The van der Waals surface area contributed by atoms with Crippen molar-refractivity contribution in [1.29, 1.82) is 0 Å². The SMILES string of the molecule is CCC(CO)C(O)O.NC(CO)(CO)CO. The minimum Gasteiger partial charge on any atom is -0.396 e. The van der Waals surface area contributed by atoms with Crippen molar-refractivity contribution in [3.63, 3.8) is 0 Å². The zero-order valence-electron chi connectivity index (χ0n) is 9.45. The summed E-state index contributed by atoms with van der Waals surface area (Å²) in [5.74, 6) is -0.380. The standard InChI is InChI=1S/C5H12O3.C4H11NO3/c1-2-4(3-6)5(7)8;5-4(1-6,2-7)3-8/h4-8H,2-3H2,1H3;6-8H,1-3,5H2. The molecular weight excluding hydrogens is 218 g/mol. The first-order valence-corrected chi connectivity index (χ1v) is 4.99. The average Bonchev–Trinajstić information content (AvgIpc) is 2.30. The van der Waals surface area contributed by atoms with Gasteiger partial charge in [0.15, 0.2) is 6.29 Å². The third-order valence-electron chi connectivity index (χ3n) is 2.13. The molecule has 0 spiro atoms. The van der Waals surface area contributed by atoms with E-state index in [4.69, 9.17) is 36.4 Å². The maximum atomic E-state index is 8.41. The highest BCUT2D eigenvalue weighted by atomic mass is 16.5. The number of rotatable bonds is 6. The van der Waals surface area contributed by atoms with Crippen LogP contribution < -0.4 is 5.73 Å². The van der Waals surface area contributed by atoms with Crippen LogP contribution in [0, 0.1) is 5.92 Å². The molecule has 0 aliphatic rings. The van der Waals surface area contributed by atoms with Crippen molar-refractivity contribution in [3.05, 3.63) is 0 Å². The van der Waals surface area contributed by atoms with E-state index in [1.54, 1.807) is 6.92 Å². The van der Waals surface area contributed by atoms with Crippen LogP contribution in [-0.2, 0) is 0 Å². The van der Waals surface area contributed by atoms with Crippen LogP contribution in [0.5, 0.6) is 0 Å². The van der Waals surface area contributed by atoms with E-state index in [9.17, 15) is 0 Å². The lowest BCUT2D eigenvalue weighted by Crippen LogP contribution is -2.50. The Morgan fingerprint density at radius 3 is 1.38 bits per heavy atom. The first kappa shape index (κ1) is 18.1. The van der Waals surface area contributed by atoms with Gasteiger partial charge in [0.1, 0.15) is 0 Å². The summed E-state index contributed by atoms with van der Waals surface area (Å²) in [4.78, 5) is 0. The fourth-order valence-corrected chi connectivity index (χ4v) is 0.584. The molecule has 7 heteroatoms. The first-order chi connectivity index (χ1) is 7.40. The van der Waals surface area contributed by atoms with Crippen LogP contribution in [-0.4, -0.2) is 68.9 Å². The van der Waals surface area contributed by atoms with Gasteiger partial charge in [0.2, 0.25) is 0 Å². The molecule has 0 radical (unpaired) electrons. The summed E-state index contributed by atoms with van der Waals surface area (Å²) in [5, 5.41) is 50.2. The molecule has 0 rings (SSSR count). The van der Waals surface area contributed by atoms with E-state index >= 15 is 0 Å². The highest BCUT2D eigenvalue weighted by Gasteiger charge is 2.20. The third kappa shape index (κ3) is 7.94. The lowest BCUT2D eigenvalue weighted by atomic mass is 10.1. The minimum atomic E-state index is -1.37. The van der Waals surface area contributed by atoms with Crippen LogP contribution in [0.25, 0.3) is 0 Å². The van der Waals surface area contributed by atoms with E-state index in [0.29, 0.717) is 6.42 Å². The molecule has 0 amide bonds. The molecule has 0 aromatic rings. The van der Waals surface area contributed by atoms with E-state index < -0.39 is 31.6 Å². The molecule has 0 saturated carbocycles. The van der Waals surface area contributed by atoms with Crippen molar-refractivity contribution >= 4 is 0 Å². The van der Waals surface area contributed by atoms with Crippen molar-refractivity contribution in [3.8, 4) is 0 Å². The second-order valence-electron chi connectivity index (χ2n) is 3.60. The van der Waals surface area contributed by atoms with E-state index in [1.807, 2.05) is 0 Å². The van der Waals surface area contributed by atoms with Crippen LogP contribution in [0.4, 0.5) is 0 Å². The summed E-state index contributed by atoms with van der Waals surface area (Å²) >= 11 is 0. The second kappa shape index (κ2) is 9.91. The monoisotopic (exact) mass is 241 g/mol. The number of nitrogens with two attached hydrogens (primary N) is 1. The van der Waals surface area contributed by atoms with Gasteiger partial charge in [-0.2, -0.15) is 0 Å². The minimum absolute atomic E-state index is 0.159. The number of hydrogen-bond acceptors (Lipinski definition) is 7. The lowest BCUT2D eigenvalue weighted by molar-refractivity contribution is -0.0970. The molecule has 0 aliphatic carbocycles. The molecule has 0 aromatic heterocycles. The summed E-state index contributed by atoms with van der Waals surface area (Å²) in [6, 6.07) is 0. The van der Waals surface area contributed by atoms with Crippen molar-refractivity contribution in [2.24, 2.45) is 11.7 Å². The maximum Gasteiger partial charge on any atom is 0.156 e. The molecule has 0 fully saturated rings. The zero-order chi connectivity index (χ0) is 13.2. The van der Waals surface area contributed by atoms with Crippen molar-refractivity contribution < 1.29 is 30.6 Å². The van der Waals surface area contributed by atoms with Gasteiger partial charge in [-0.25, -0.2) is 0 Å². The molecule has 0 bridgehead atoms. The van der Waals surface area contributed by atoms with E-state index in [-0.39, 0.29) is 12.5 Å². The van der Waals surface area contributed by atoms with E-state index in [1.165, 1.54) is 0 Å². The van der Waals surface area contributed by atoms with Gasteiger partial charge in [-0.3, -0.25) is 0 Å². The number of aliphatic hydroxyl groups excluding tert-OH is 5. The molecule has 1 atom stereocenters. The van der Waals surface area contributed by atoms with Gasteiger partial charge in [0.05, 0.1) is 32.0 Å². The highest BCUT2D eigenvalue weighted by Crippen LogP contribution is 2.03. The summed E-state index contributed by atoms with van der Waals surface area (Å²) in [6.07, 6.45) is -0.779. The summed E-state index contributed by atoms with van der Waals surface area (Å²) < 4.78 is 0. The summed E-state index contributed by atoms with van der Waals surface area (Å²) in [7, 11) is 0. The van der Waals surface area contributed by atoms with Gasteiger partial charge in [0, 0.05) is 5.92 Å². The van der Waals surface area contributed by atoms with Crippen molar-refractivity contribution in [1.82, 2.24) is 0 Å². The Morgan fingerprint density at radius 2 is 1.38 bits per heavy atom. The Kier molecular flexibility index (Phi) is 11.2. The maximum absolute atomic E-state index is 8.41. The highest BCUT2D eigenvalue weighted by molar-refractivity contribution is 4.80. The Balaban J connectivity index is 0. The van der Waals surface area contributed by atoms with Crippen LogP contribution in [0.2, 0.25) is 0 Å². The van der Waals surface area contributed by atoms with Gasteiger partial charge >= 0.3 is 0 Å². The van der Waals surface area contributed by atoms with E-state index in [0.717, 1.165) is 0 Å². The number of hydrogen-bond donors (Lipinski definition) is 7. The van der Waals surface area contributed by atoms with Crippen LogP contribution in [0.1, 0.15) is 13.3 Å². The summed E-state index contributed by atoms with van der Waals surface area (Å²) in [6.45, 7) is 0.425. The molecule has 0 aromatic carbocycles. The normalized spacial score (nSPS) is 13.3. The van der Waals surface area contributed by atoms with Gasteiger partial charge in [-0.1, -0.05) is 6.92 Å². The molecule has 8 N–H and O–H groups in total. The van der Waals surface area contributed by atoms with Gasteiger partial charge in [0.25, 0.3) is 0 Å². The molecule has 0 heterocycles. The summed E-state index contributed by atoms with van der Waals surface area (Å²) in [5.41, 5.74) is 3.94. The van der Waals surface area contributed by atoms with Crippen LogP contribution in [0.3, 0.4) is 0 Å². The third-order valence-corrected chi connectivity index (χ3v) is 2.13. The van der Waals surface area contributed by atoms with Crippen LogP contribution in [0.15, 0.2) is 0 Å². The fourth-order valence-electron chi connectivity index (χ4n) is 0.584. The zero-order valence-corrected chi connectivity index (χ0v) is 9.45. The fraction of sp³-hybridized carbons (Fsp3) is 1.00. The first-order valence-electron chi connectivity index (χ1n) is 4.99. The van der Waals surface area contributed by atoms with Crippen molar-refractivity contribution in [2.45, 2.75) is 25.2 Å². The quantitative estimate of drug-likeness (QED) is 0.245. The largest absolute Gasteiger partial charge is 0.396 e. The predicted molar refractivity (Wildman–Crippen MR) is 57.3 cm³/mol. The molecule has 0 saturated heterocycles. The molecule has 100 valence electrons. The molecule has 16 heavy (non-hydrogen) atoms.